The van der Waals surface area contributed by atoms with Crippen molar-refractivity contribution >= 4 is 17.5 Å². The Hall–Kier alpha value is -3.21. The van der Waals surface area contributed by atoms with Crippen LogP contribution in [0.2, 0.25) is 0 Å². The zero-order valence-electron chi connectivity index (χ0n) is 15.9. The highest BCUT2D eigenvalue weighted by Gasteiger charge is 2.09. The van der Waals surface area contributed by atoms with Gasteiger partial charge in [-0.3, -0.25) is 4.79 Å². The lowest BCUT2D eigenvalue weighted by Gasteiger charge is -2.09. The van der Waals surface area contributed by atoms with Gasteiger partial charge in [0.1, 0.15) is 5.69 Å². The minimum atomic E-state index is -0.225. The third-order valence-electron chi connectivity index (χ3n) is 4.26. The third kappa shape index (κ3) is 5.14. The van der Waals surface area contributed by atoms with Crippen LogP contribution in [0.3, 0.4) is 0 Å². The molecular formula is C22H24N4O. The van der Waals surface area contributed by atoms with E-state index in [4.69, 9.17) is 0 Å². The van der Waals surface area contributed by atoms with Crippen molar-refractivity contribution in [2.45, 2.75) is 33.2 Å². The van der Waals surface area contributed by atoms with Crippen LogP contribution in [-0.2, 0) is 6.54 Å². The second kappa shape index (κ2) is 8.45. The first kappa shape index (κ1) is 18.6. The Morgan fingerprint density at radius 3 is 2.56 bits per heavy atom. The first-order chi connectivity index (χ1) is 13.0. The molecule has 0 aliphatic carbocycles. The number of anilines is 2. The third-order valence-corrected chi connectivity index (χ3v) is 4.26. The Labute approximate surface area is 159 Å². The maximum Gasteiger partial charge on any atom is 0.270 e. The van der Waals surface area contributed by atoms with Gasteiger partial charge in [-0.05, 0) is 42.2 Å². The summed E-state index contributed by atoms with van der Waals surface area (Å²) in [6.45, 7) is 6.81. The average Bonchev–Trinajstić information content (AvgIpc) is 2.67. The van der Waals surface area contributed by atoms with Crippen LogP contribution in [-0.4, -0.2) is 15.9 Å². The van der Waals surface area contributed by atoms with E-state index in [2.05, 4.69) is 46.6 Å². The van der Waals surface area contributed by atoms with Crippen molar-refractivity contribution < 1.29 is 4.79 Å². The summed E-state index contributed by atoms with van der Waals surface area (Å²) in [5.74, 6) is 0.656. The average molecular weight is 360 g/mol. The number of nitrogens with one attached hydrogen (secondary N) is 2. The Kier molecular flexibility index (Phi) is 5.81. The van der Waals surface area contributed by atoms with Gasteiger partial charge >= 0.3 is 0 Å². The fourth-order valence-corrected chi connectivity index (χ4v) is 2.72. The van der Waals surface area contributed by atoms with Crippen LogP contribution >= 0.6 is 0 Å². The molecule has 0 fully saturated rings. The van der Waals surface area contributed by atoms with Gasteiger partial charge in [0.15, 0.2) is 0 Å². The van der Waals surface area contributed by atoms with E-state index in [0.29, 0.717) is 24.1 Å². The maximum atomic E-state index is 12.4. The summed E-state index contributed by atoms with van der Waals surface area (Å²) in [7, 11) is 0. The molecular weight excluding hydrogens is 336 g/mol. The van der Waals surface area contributed by atoms with E-state index < -0.39 is 0 Å². The predicted octanol–water partition coefficient (Wildman–Crippen LogP) is 4.58. The van der Waals surface area contributed by atoms with Crippen LogP contribution in [0.25, 0.3) is 0 Å². The maximum absolute atomic E-state index is 12.4. The van der Waals surface area contributed by atoms with E-state index in [1.807, 2.05) is 43.3 Å². The first-order valence-corrected chi connectivity index (χ1v) is 9.05. The molecule has 0 atom stereocenters. The quantitative estimate of drug-likeness (QED) is 0.675. The Balaban J connectivity index is 1.64. The van der Waals surface area contributed by atoms with Gasteiger partial charge in [0.05, 0.1) is 0 Å². The number of nitrogens with zero attached hydrogens (tertiary/aromatic N) is 2. The van der Waals surface area contributed by atoms with Gasteiger partial charge in [0, 0.05) is 18.4 Å². The molecule has 138 valence electrons. The van der Waals surface area contributed by atoms with Crippen LogP contribution in [0.15, 0.2) is 60.8 Å². The van der Waals surface area contributed by atoms with Gasteiger partial charge < -0.3 is 10.6 Å². The molecule has 5 heteroatoms. The molecule has 27 heavy (non-hydrogen) atoms. The monoisotopic (exact) mass is 360 g/mol. The Bertz CT molecular complexity index is 920. The van der Waals surface area contributed by atoms with Crippen LogP contribution in [0.5, 0.6) is 0 Å². The molecule has 1 amide bonds. The minimum Gasteiger partial charge on any atom is -0.347 e. The van der Waals surface area contributed by atoms with E-state index in [9.17, 15) is 4.79 Å². The fourth-order valence-electron chi connectivity index (χ4n) is 2.72. The van der Waals surface area contributed by atoms with Crippen molar-refractivity contribution in [2.75, 3.05) is 5.32 Å². The smallest absolute Gasteiger partial charge is 0.270 e. The molecule has 0 aliphatic rings. The molecule has 0 bridgehead atoms. The Morgan fingerprint density at radius 1 is 1.07 bits per heavy atom. The molecule has 2 N–H and O–H groups in total. The largest absolute Gasteiger partial charge is 0.347 e. The highest BCUT2D eigenvalue weighted by atomic mass is 16.1. The number of rotatable bonds is 6. The fraction of sp³-hybridized carbons (Fsp3) is 0.227. The molecule has 3 aromatic rings. The molecule has 0 unspecified atom stereocenters. The van der Waals surface area contributed by atoms with Gasteiger partial charge in [-0.15, -0.1) is 0 Å². The normalized spacial score (nSPS) is 10.7. The van der Waals surface area contributed by atoms with E-state index >= 15 is 0 Å². The molecule has 0 saturated carbocycles. The summed E-state index contributed by atoms with van der Waals surface area (Å²) in [4.78, 5) is 20.9. The standard InChI is InChI=1S/C22H24N4O/c1-15(2)18-7-9-19(10-8-18)25-22-23-12-11-20(26-22)21(27)24-14-17-6-4-5-16(3)13-17/h4-13,15H,14H2,1-3H3,(H,24,27)(H,23,25,26). The number of hydrogen-bond acceptors (Lipinski definition) is 4. The summed E-state index contributed by atoms with van der Waals surface area (Å²) < 4.78 is 0. The predicted molar refractivity (Wildman–Crippen MR) is 108 cm³/mol. The lowest BCUT2D eigenvalue weighted by Crippen LogP contribution is -2.24. The van der Waals surface area contributed by atoms with Gasteiger partial charge in [0.25, 0.3) is 5.91 Å². The van der Waals surface area contributed by atoms with Crippen molar-refractivity contribution in [2.24, 2.45) is 0 Å². The van der Waals surface area contributed by atoms with Gasteiger partial charge in [-0.2, -0.15) is 0 Å². The molecule has 0 aliphatic heterocycles. The van der Waals surface area contributed by atoms with Crippen molar-refractivity contribution in [3.05, 3.63) is 83.2 Å². The summed E-state index contributed by atoms with van der Waals surface area (Å²) in [6, 6.07) is 17.8. The van der Waals surface area contributed by atoms with E-state index in [0.717, 1.165) is 11.3 Å². The summed E-state index contributed by atoms with van der Waals surface area (Å²) in [5, 5.41) is 6.04. The van der Waals surface area contributed by atoms with Crippen molar-refractivity contribution in [1.29, 1.82) is 0 Å². The van der Waals surface area contributed by atoms with Crippen LogP contribution in [0.4, 0.5) is 11.6 Å². The highest BCUT2D eigenvalue weighted by Crippen LogP contribution is 2.19. The number of aromatic nitrogens is 2. The summed E-state index contributed by atoms with van der Waals surface area (Å²) in [6.07, 6.45) is 1.58. The molecule has 0 spiro atoms. The molecule has 2 aromatic carbocycles. The van der Waals surface area contributed by atoms with Crippen LogP contribution in [0.1, 0.15) is 46.9 Å². The van der Waals surface area contributed by atoms with Gasteiger partial charge in [0.2, 0.25) is 5.95 Å². The highest BCUT2D eigenvalue weighted by molar-refractivity contribution is 5.92. The topological polar surface area (TPSA) is 66.9 Å². The van der Waals surface area contributed by atoms with Crippen molar-refractivity contribution in [3.8, 4) is 0 Å². The zero-order chi connectivity index (χ0) is 19.2. The van der Waals surface area contributed by atoms with Crippen LogP contribution < -0.4 is 10.6 Å². The molecule has 5 nitrogen and oxygen atoms in total. The minimum absolute atomic E-state index is 0.225. The van der Waals surface area contributed by atoms with E-state index in [1.165, 1.54) is 11.1 Å². The number of hydrogen-bond donors (Lipinski definition) is 2. The van der Waals surface area contributed by atoms with E-state index in [-0.39, 0.29) is 5.91 Å². The molecule has 0 radical (unpaired) electrons. The number of benzene rings is 2. The second-order valence-corrected chi connectivity index (χ2v) is 6.84. The lowest BCUT2D eigenvalue weighted by atomic mass is 10.0. The SMILES string of the molecule is Cc1cccc(CNC(=O)c2ccnc(Nc3ccc(C(C)C)cc3)n2)c1. The lowest BCUT2D eigenvalue weighted by molar-refractivity contribution is 0.0946. The summed E-state index contributed by atoms with van der Waals surface area (Å²) >= 11 is 0. The van der Waals surface area contributed by atoms with Gasteiger partial charge in [-0.25, -0.2) is 9.97 Å². The molecule has 0 saturated heterocycles. The summed E-state index contributed by atoms with van der Waals surface area (Å²) in [5.41, 5.74) is 4.71. The second-order valence-electron chi connectivity index (χ2n) is 6.84. The van der Waals surface area contributed by atoms with E-state index in [1.54, 1.807) is 12.3 Å². The number of amides is 1. The Morgan fingerprint density at radius 2 is 1.85 bits per heavy atom. The number of carbonyl (C=O) groups excluding carboxylic acids is 1. The number of aryl methyl sites for hydroxylation is 1. The first-order valence-electron chi connectivity index (χ1n) is 9.05. The van der Waals surface area contributed by atoms with Crippen LogP contribution in [0, 0.1) is 6.92 Å². The zero-order valence-corrected chi connectivity index (χ0v) is 15.9. The molecule has 3 rings (SSSR count). The molecule has 1 aromatic heterocycles. The van der Waals surface area contributed by atoms with Crippen molar-refractivity contribution in [1.82, 2.24) is 15.3 Å². The van der Waals surface area contributed by atoms with Gasteiger partial charge in [-0.1, -0.05) is 55.8 Å². The molecule has 1 heterocycles. The van der Waals surface area contributed by atoms with Crippen molar-refractivity contribution in [3.63, 3.8) is 0 Å². The number of carbonyl (C=O) groups is 1.